The van der Waals surface area contributed by atoms with E-state index in [-0.39, 0.29) is 5.91 Å². The molecular weight excluding hydrogens is 322 g/mol. The number of aryl methyl sites for hydroxylation is 1. The van der Waals surface area contributed by atoms with E-state index in [1.54, 1.807) is 6.07 Å². The summed E-state index contributed by atoms with van der Waals surface area (Å²) in [5.74, 6) is 1.93. The van der Waals surface area contributed by atoms with Crippen LogP contribution in [0.1, 0.15) is 28.0 Å². The Hall–Kier alpha value is -2.54. The maximum atomic E-state index is 11.9. The molecule has 0 aliphatic carbocycles. The quantitative estimate of drug-likeness (QED) is 0.894. The molecule has 1 N–H and O–H groups in total. The summed E-state index contributed by atoms with van der Waals surface area (Å²) in [6, 6.07) is 5.69. The van der Waals surface area contributed by atoms with Gasteiger partial charge in [-0.15, -0.1) is 0 Å². The summed E-state index contributed by atoms with van der Waals surface area (Å²) in [6.07, 6.45) is 2.47. The van der Waals surface area contributed by atoms with Gasteiger partial charge in [-0.3, -0.25) is 9.69 Å². The molecule has 1 aromatic carbocycles. The number of carbonyl (C=O) groups is 1. The van der Waals surface area contributed by atoms with E-state index in [1.165, 1.54) is 17.4 Å². The van der Waals surface area contributed by atoms with Gasteiger partial charge in [0.2, 0.25) is 6.79 Å². The number of nitrogens with one attached hydrogen (secondary N) is 1. The summed E-state index contributed by atoms with van der Waals surface area (Å²) < 4.78 is 15.6. The van der Waals surface area contributed by atoms with Gasteiger partial charge >= 0.3 is 0 Å². The third-order valence-corrected chi connectivity index (χ3v) is 4.82. The van der Waals surface area contributed by atoms with Gasteiger partial charge in [-0.05, 0) is 49.1 Å². The predicted octanol–water partition coefficient (Wildman–Crippen LogP) is 1.96. The highest BCUT2D eigenvalue weighted by atomic mass is 16.7. The van der Waals surface area contributed by atoms with Crippen molar-refractivity contribution in [2.24, 2.45) is 5.92 Å². The van der Waals surface area contributed by atoms with Crippen LogP contribution in [0.2, 0.25) is 0 Å². The van der Waals surface area contributed by atoms with E-state index in [0.717, 1.165) is 37.6 Å². The van der Waals surface area contributed by atoms with Crippen LogP contribution in [0.25, 0.3) is 0 Å². The van der Waals surface area contributed by atoms with Crippen molar-refractivity contribution < 1.29 is 18.8 Å². The minimum absolute atomic E-state index is 0.182. The van der Waals surface area contributed by atoms with Crippen molar-refractivity contribution in [2.75, 3.05) is 26.4 Å². The fourth-order valence-electron chi connectivity index (χ4n) is 3.38. The van der Waals surface area contributed by atoms with E-state index in [0.29, 0.717) is 24.9 Å². The zero-order valence-corrected chi connectivity index (χ0v) is 14.2. The number of hydrogen-bond donors (Lipinski definition) is 1. The number of carbonyl (C=O) groups excluding carboxylic acids is 1. The normalized spacial score (nSPS) is 19.3. The van der Waals surface area contributed by atoms with Crippen LogP contribution in [0.15, 0.2) is 29.0 Å². The number of nitrogens with zero attached hydrogens (tertiary/aromatic N) is 2. The molecule has 0 spiro atoms. The maximum Gasteiger partial charge on any atom is 0.273 e. The summed E-state index contributed by atoms with van der Waals surface area (Å²) in [4.78, 5) is 14.3. The van der Waals surface area contributed by atoms with Gasteiger partial charge in [0.1, 0.15) is 6.26 Å². The molecular formula is C18H21N3O4. The number of benzene rings is 1. The van der Waals surface area contributed by atoms with E-state index < -0.39 is 0 Å². The first-order chi connectivity index (χ1) is 12.2. The molecule has 7 nitrogen and oxygen atoms in total. The molecule has 1 aromatic heterocycles. The molecule has 132 valence electrons. The molecule has 1 amide bonds. The van der Waals surface area contributed by atoms with Gasteiger partial charge in [0.15, 0.2) is 17.2 Å². The molecule has 3 heterocycles. The Morgan fingerprint density at radius 3 is 3.00 bits per heavy atom. The number of fused-ring (bicyclic) bond motifs is 1. The lowest BCUT2D eigenvalue weighted by atomic mass is 10.1. The summed E-state index contributed by atoms with van der Waals surface area (Å²) in [6.45, 7) is 5.93. The molecule has 0 saturated carbocycles. The van der Waals surface area contributed by atoms with E-state index in [9.17, 15) is 4.79 Å². The lowest BCUT2D eigenvalue weighted by Crippen LogP contribution is -2.31. The lowest BCUT2D eigenvalue weighted by molar-refractivity contribution is 0.0938. The van der Waals surface area contributed by atoms with Crippen molar-refractivity contribution in [3.8, 4) is 11.5 Å². The molecule has 2 aromatic rings. The van der Waals surface area contributed by atoms with E-state index in [1.807, 2.05) is 6.07 Å². The largest absolute Gasteiger partial charge is 0.454 e. The molecule has 0 radical (unpaired) electrons. The maximum absolute atomic E-state index is 11.9. The van der Waals surface area contributed by atoms with E-state index in [2.05, 4.69) is 28.4 Å². The lowest BCUT2D eigenvalue weighted by Gasteiger charge is -2.18. The van der Waals surface area contributed by atoms with Crippen LogP contribution < -0.4 is 14.8 Å². The second-order valence-electron chi connectivity index (χ2n) is 6.62. The van der Waals surface area contributed by atoms with E-state index in [4.69, 9.17) is 14.0 Å². The van der Waals surface area contributed by atoms with Gasteiger partial charge < -0.3 is 19.3 Å². The fraction of sp³-hybridized carbons (Fsp3) is 0.444. The van der Waals surface area contributed by atoms with Gasteiger partial charge in [-0.1, -0.05) is 5.16 Å². The van der Waals surface area contributed by atoms with Crippen LogP contribution in [-0.2, 0) is 6.54 Å². The van der Waals surface area contributed by atoms with Crippen molar-refractivity contribution in [3.05, 3.63) is 41.3 Å². The SMILES string of the molecule is Cc1cc2c(cc1CN1CCC(CNC(=O)c3ccon3)C1)OCO2. The predicted molar refractivity (Wildman–Crippen MR) is 89.5 cm³/mol. The standard InChI is InChI=1S/C18H21N3O4/c1-12-6-16-17(24-11-23-16)7-14(12)10-21-4-2-13(9-21)8-19-18(22)15-3-5-25-20-15/h3,5-7,13H,2,4,8-11H2,1H3,(H,19,22). The molecule has 2 aliphatic heterocycles. The second kappa shape index (κ2) is 6.76. The average molecular weight is 343 g/mol. The van der Waals surface area contributed by atoms with E-state index >= 15 is 0 Å². The monoisotopic (exact) mass is 343 g/mol. The number of ether oxygens (including phenoxy) is 2. The summed E-state index contributed by atoms with van der Waals surface area (Å²) in [5.41, 5.74) is 2.80. The summed E-state index contributed by atoms with van der Waals surface area (Å²) >= 11 is 0. The Bertz CT molecular complexity index is 760. The number of likely N-dealkylation sites (tertiary alicyclic amines) is 1. The van der Waals surface area contributed by atoms with Gasteiger partial charge in [0.05, 0.1) is 0 Å². The van der Waals surface area contributed by atoms with Crippen molar-refractivity contribution >= 4 is 5.91 Å². The van der Waals surface area contributed by atoms with Gasteiger partial charge in [-0.25, -0.2) is 0 Å². The Balaban J connectivity index is 1.30. The first-order valence-electron chi connectivity index (χ1n) is 8.49. The average Bonchev–Trinajstić information content (AvgIpc) is 3.34. The molecule has 1 fully saturated rings. The number of rotatable bonds is 5. The highest BCUT2D eigenvalue weighted by Gasteiger charge is 2.25. The molecule has 25 heavy (non-hydrogen) atoms. The highest BCUT2D eigenvalue weighted by Crippen LogP contribution is 2.35. The Morgan fingerprint density at radius 2 is 2.20 bits per heavy atom. The third-order valence-electron chi connectivity index (χ3n) is 4.82. The molecule has 4 rings (SSSR count). The first-order valence-corrected chi connectivity index (χ1v) is 8.49. The molecule has 1 saturated heterocycles. The van der Waals surface area contributed by atoms with Gasteiger partial charge in [0, 0.05) is 25.7 Å². The number of amides is 1. The number of aromatic nitrogens is 1. The van der Waals surface area contributed by atoms with Crippen LogP contribution in [0.5, 0.6) is 11.5 Å². The minimum atomic E-state index is -0.182. The zero-order valence-electron chi connectivity index (χ0n) is 14.2. The van der Waals surface area contributed by atoms with Gasteiger partial charge in [0.25, 0.3) is 5.91 Å². The van der Waals surface area contributed by atoms with Gasteiger partial charge in [-0.2, -0.15) is 0 Å². The van der Waals surface area contributed by atoms with Crippen LogP contribution in [0.3, 0.4) is 0 Å². The van der Waals surface area contributed by atoms with Crippen molar-refractivity contribution in [1.29, 1.82) is 0 Å². The summed E-state index contributed by atoms with van der Waals surface area (Å²) in [7, 11) is 0. The second-order valence-corrected chi connectivity index (χ2v) is 6.62. The van der Waals surface area contributed by atoms with Crippen LogP contribution in [0.4, 0.5) is 0 Å². The Morgan fingerprint density at radius 1 is 1.36 bits per heavy atom. The highest BCUT2D eigenvalue weighted by molar-refractivity contribution is 5.91. The van der Waals surface area contributed by atoms with Crippen LogP contribution >= 0.6 is 0 Å². The smallest absolute Gasteiger partial charge is 0.273 e. The third kappa shape index (κ3) is 3.46. The fourth-order valence-corrected chi connectivity index (χ4v) is 3.38. The molecule has 1 unspecified atom stereocenters. The Labute approximate surface area is 145 Å². The summed E-state index contributed by atoms with van der Waals surface area (Å²) in [5, 5.41) is 6.58. The zero-order chi connectivity index (χ0) is 17.2. The van der Waals surface area contributed by atoms with Crippen LogP contribution in [0, 0.1) is 12.8 Å². The molecule has 0 bridgehead atoms. The van der Waals surface area contributed by atoms with Crippen molar-refractivity contribution in [2.45, 2.75) is 19.9 Å². The van der Waals surface area contributed by atoms with Crippen LogP contribution in [-0.4, -0.2) is 42.4 Å². The molecule has 1 atom stereocenters. The van der Waals surface area contributed by atoms with Crippen molar-refractivity contribution in [1.82, 2.24) is 15.4 Å². The van der Waals surface area contributed by atoms with Crippen molar-refractivity contribution in [3.63, 3.8) is 0 Å². The topological polar surface area (TPSA) is 76.8 Å². The Kier molecular flexibility index (Phi) is 4.31. The molecule has 2 aliphatic rings. The number of hydrogen-bond acceptors (Lipinski definition) is 6. The minimum Gasteiger partial charge on any atom is -0.454 e. The molecule has 7 heteroatoms. The first kappa shape index (κ1) is 16.0.